The maximum absolute atomic E-state index is 13.5. The van der Waals surface area contributed by atoms with Crippen LogP contribution in [0.1, 0.15) is 16.3 Å². The van der Waals surface area contributed by atoms with Gasteiger partial charge in [0.05, 0.1) is 22.5 Å². The Balaban J connectivity index is 1.58. The van der Waals surface area contributed by atoms with Crippen LogP contribution in [-0.2, 0) is 29.8 Å². The third kappa shape index (κ3) is 5.67. The Kier molecular flexibility index (Phi) is 7.79. The van der Waals surface area contributed by atoms with Crippen molar-refractivity contribution in [3.05, 3.63) is 47.1 Å². The van der Waals surface area contributed by atoms with E-state index in [1.165, 1.54) is 29.6 Å². The van der Waals surface area contributed by atoms with Gasteiger partial charge in [-0.1, -0.05) is 11.6 Å². The smallest absolute Gasteiger partial charge is 0.323 e. The Labute approximate surface area is 218 Å². The summed E-state index contributed by atoms with van der Waals surface area (Å²) < 4.78 is 94.5. The first kappa shape index (κ1) is 27.9. The highest BCUT2D eigenvalue weighted by atomic mass is 35.5. The van der Waals surface area contributed by atoms with Crippen molar-refractivity contribution in [3.63, 3.8) is 0 Å². The molecule has 0 spiro atoms. The predicted molar refractivity (Wildman–Crippen MR) is 126 cm³/mol. The molecule has 2 N–H and O–H groups in total. The SMILES string of the molecule is Cn1c(-c2cn(CC(F)F)nc2C(F)(F)F)cnc1C(=O)Nc1ccc(S(=O)(=O)N2CCNCC2)c(Cl)c1. The Morgan fingerprint density at radius 3 is 2.53 bits per heavy atom. The topological polar surface area (TPSA) is 114 Å². The number of anilines is 1. The minimum Gasteiger partial charge on any atom is -0.323 e. The van der Waals surface area contributed by atoms with Crippen LogP contribution in [0.5, 0.6) is 0 Å². The molecule has 1 aliphatic heterocycles. The van der Waals surface area contributed by atoms with E-state index in [2.05, 4.69) is 20.7 Å². The summed E-state index contributed by atoms with van der Waals surface area (Å²) >= 11 is 6.21. The summed E-state index contributed by atoms with van der Waals surface area (Å²) in [6.45, 7) is 0.489. The summed E-state index contributed by atoms with van der Waals surface area (Å²) in [5, 5.41) is 8.62. The van der Waals surface area contributed by atoms with E-state index >= 15 is 0 Å². The van der Waals surface area contributed by atoms with Crippen LogP contribution in [0.3, 0.4) is 0 Å². The molecule has 17 heteroatoms. The molecule has 38 heavy (non-hydrogen) atoms. The first-order chi connectivity index (χ1) is 17.8. The highest BCUT2D eigenvalue weighted by Gasteiger charge is 2.39. The summed E-state index contributed by atoms with van der Waals surface area (Å²) in [6, 6.07) is 3.79. The van der Waals surface area contributed by atoms with E-state index in [4.69, 9.17) is 11.6 Å². The zero-order chi connectivity index (χ0) is 27.8. The zero-order valence-corrected chi connectivity index (χ0v) is 21.2. The minimum absolute atomic E-state index is 0.115. The van der Waals surface area contributed by atoms with Crippen LogP contribution < -0.4 is 10.6 Å². The van der Waals surface area contributed by atoms with Gasteiger partial charge in [0.15, 0.2) is 11.5 Å². The number of piperazine rings is 1. The minimum atomic E-state index is -4.95. The fourth-order valence-corrected chi connectivity index (χ4v) is 5.88. The van der Waals surface area contributed by atoms with Gasteiger partial charge in [-0.15, -0.1) is 0 Å². The molecular weight excluding hydrogens is 561 g/mol. The van der Waals surface area contributed by atoms with Crippen LogP contribution in [0.2, 0.25) is 5.02 Å². The molecule has 1 aliphatic rings. The van der Waals surface area contributed by atoms with Gasteiger partial charge in [-0.2, -0.15) is 22.6 Å². The number of imidazole rings is 1. The quantitative estimate of drug-likeness (QED) is 0.415. The molecule has 0 aliphatic carbocycles. The van der Waals surface area contributed by atoms with E-state index in [-0.39, 0.29) is 40.2 Å². The zero-order valence-electron chi connectivity index (χ0n) is 19.6. The van der Waals surface area contributed by atoms with Gasteiger partial charge in [-0.3, -0.25) is 9.48 Å². The van der Waals surface area contributed by atoms with E-state index in [0.717, 1.165) is 17.0 Å². The number of hydrogen-bond donors (Lipinski definition) is 2. The van der Waals surface area contributed by atoms with Crippen LogP contribution in [-0.4, -0.2) is 70.6 Å². The second-order valence-corrected chi connectivity index (χ2v) is 10.6. The van der Waals surface area contributed by atoms with Crippen molar-refractivity contribution in [1.29, 1.82) is 0 Å². The number of rotatable bonds is 7. The number of carbonyl (C=O) groups is 1. The first-order valence-electron chi connectivity index (χ1n) is 11.1. The van der Waals surface area contributed by atoms with Gasteiger partial charge in [0, 0.05) is 45.1 Å². The molecule has 4 rings (SSSR count). The second kappa shape index (κ2) is 10.6. The van der Waals surface area contributed by atoms with Gasteiger partial charge >= 0.3 is 6.18 Å². The third-order valence-corrected chi connectivity index (χ3v) is 8.09. The summed E-state index contributed by atoms with van der Waals surface area (Å²) in [6.07, 6.45) is -6.07. The number of aromatic nitrogens is 4. The van der Waals surface area contributed by atoms with Crippen molar-refractivity contribution in [2.24, 2.45) is 7.05 Å². The van der Waals surface area contributed by atoms with Gasteiger partial charge < -0.3 is 15.2 Å². The van der Waals surface area contributed by atoms with Crippen molar-refractivity contribution in [3.8, 4) is 11.3 Å². The van der Waals surface area contributed by atoms with E-state index in [1.807, 2.05) is 0 Å². The molecule has 0 unspecified atom stereocenters. The van der Waals surface area contributed by atoms with Gasteiger partial charge in [-0.05, 0) is 18.2 Å². The van der Waals surface area contributed by atoms with E-state index < -0.39 is 46.3 Å². The Morgan fingerprint density at radius 1 is 1.24 bits per heavy atom. The molecule has 0 radical (unpaired) electrons. The maximum Gasteiger partial charge on any atom is 0.435 e. The van der Waals surface area contributed by atoms with Crippen LogP contribution in [0.4, 0.5) is 27.6 Å². The van der Waals surface area contributed by atoms with Crippen LogP contribution >= 0.6 is 11.6 Å². The molecule has 1 fully saturated rings. The molecule has 2 aromatic heterocycles. The summed E-state index contributed by atoms with van der Waals surface area (Å²) in [5.74, 6) is -1.13. The fraction of sp³-hybridized carbons (Fsp3) is 0.381. The van der Waals surface area contributed by atoms with Gasteiger partial charge in [-0.25, -0.2) is 22.2 Å². The summed E-state index contributed by atoms with van der Waals surface area (Å²) in [7, 11) is -2.58. The van der Waals surface area contributed by atoms with E-state index in [0.29, 0.717) is 17.8 Å². The molecule has 0 saturated carbocycles. The molecule has 0 bridgehead atoms. The lowest BCUT2D eigenvalue weighted by molar-refractivity contribution is -0.141. The van der Waals surface area contributed by atoms with Crippen molar-refractivity contribution < 1.29 is 35.2 Å². The standard InChI is InChI=1S/C21H21ClF5N7O3S/c1-32-15(13-10-33(11-17(23)24)31-18(13)21(25,26)27)9-29-19(32)20(35)30-12-2-3-16(14(22)8-12)38(36,37)34-6-4-28-5-7-34/h2-3,8-10,17,28H,4-7,11H2,1H3,(H,30,35). The molecule has 0 atom stereocenters. The van der Waals surface area contributed by atoms with E-state index in [1.54, 1.807) is 0 Å². The highest BCUT2D eigenvalue weighted by molar-refractivity contribution is 7.89. The normalized spacial score (nSPS) is 15.3. The number of carbonyl (C=O) groups excluding carboxylic acids is 1. The Morgan fingerprint density at radius 2 is 1.92 bits per heavy atom. The highest BCUT2D eigenvalue weighted by Crippen LogP contribution is 2.36. The molecule has 206 valence electrons. The average Bonchev–Trinajstić information content (AvgIpc) is 3.42. The molecule has 10 nitrogen and oxygen atoms in total. The lowest BCUT2D eigenvalue weighted by atomic mass is 10.2. The molecular formula is C21H21ClF5N7O3S. The predicted octanol–water partition coefficient (Wildman–Crippen LogP) is 3.07. The number of nitrogens with zero attached hydrogens (tertiary/aromatic N) is 5. The molecule has 3 heterocycles. The molecule has 1 amide bonds. The lowest BCUT2D eigenvalue weighted by Crippen LogP contribution is -2.46. The Hall–Kier alpha value is -3.08. The third-order valence-electron chi connectivity index (χ3n) is 5.71. The lowest BCUT2D eigenvalue weighted by Gasteiger charge is -2.27. The fourth-order valence-electron chi connectivity index (χ4n) is 3.92. The molecule has 1 saturated heterocycles. The maximum atomic E-state index is 13.5. The number of nitrogens with one attached hydrogen (secondary N) is 2. The largest absolute Gasteiger partial charge is 0.435 e. The van der Waals surface area contributed by atoms with Crippen LogP contribution in [0.25, 0.3) is 11.3 Å². The monoisotopic (exact) mass is 581 g/mol. The first-order valence-corrected chi connectivity index (χ1v) is 12.9. The average molecular weight is 582 g/mol. The summed E-state index contributed by atoms with van der Waals surface area (Å²) in [5.41, 5.74) is -2.00. The number of benzene rings is 1. The summed E-state index contributed by atoms with van der Waals surface area (Å²) in [4.78, 5) is 16.6. The van der Waals surface area contributed by atoms with Crippen molar-refractivity contribution >= 4 is 33.2 Å². The molecule has 3 aromatic rings. The van der Waals surface area contributed by atoms with Gasteiger partial charge in [0.1, 0.15) is 11.4 Å². The number of alkyl halides is 5. The van der Waals surface area contributed by atoms with Crippen molar-refractivity contribution in [1.82, 2.24) is 29.0 Å². The number of halogens is 6. The van der Waals surface area contributed by atoms with E-state index in [9.17, 15) is 35.2 Å². The van der Waals surface area contributed by atoms with Crippen LogP contribution in [0.15, 0.2) is 35.5 Å². The van der Waals surface area contributed by atoms with Gasteiger partial charge in [0.2, 0.25) is 10.0 Å². The Bertz CT molecular complexity index is 1450. The molecule has 1 aromatic carbocycles. The number of sulfonamides is 1. The number of hydrogen-bond acceptors (Lipinski definition) is 6. The second-order valence-electron chi connectivity index (χ2n) is 8.28. The number of amides is 1. The van der Waals surface area contributed by atoms with Crippen molar-refractivity contribution in [2.45, 2.75) is 24.0 Å². The van der Waals surface area contributed by atoms with Crippen molar-refractivity contribution in [2.75, 3.05) is 31.5 Å². The van der Waals surface area contributed by atoms with Gasteiger partial charge in [0.25, 0.3) is 12.3 Å². The van der Waals surface area contributed by atoms with Crippen LogP contribution in [0, 0.1) is 0 Å².